The van der Waals surface area contributed by atoms with Crippen LogP contribution < -0.4 is 4.90 Å². The number of nitrogens with zero attached hydrogens (tertiary/aromatic N) is 2. The quantitative estimate of drug-likeness (QED) is 0.664. The number of ether oxygens (including phenoxy) is 1. The van der Waals surface area contributed by atoms with Gasteiger partial charge in [0.15, 0.2) is 0 Å². The molecule has 0 atom stereocenters. The molecular formula is C13H22N2O3. The van der Waals surface area contributed by atoms with E-state index >= 15 is 0 Å². The lowest BCUT2D eigenvalue weighted by molar-refractivity contribution is 0.0970. The lowest BCUT2D eigenvalue weighted by Crippen LogP contribution is -2.24. The highest BCUT2D eigenvalue weighted by molar-refractivity contribution is 5.41. The van der Waals surface area contributed by atoms with Gasteiger partial charge in [-0.2, -0.15) is 0 Å². The van der Waals surface area contributed by atoms with E-state index in [4.69, 9.17) is 9.84 Å². The third-order valence-electron chi connectivity index (χ3n) is 2.67. The molecule has 5 nitrogen and oxygen atoms in total. The van der Waals surface area contributed by atoms with Crippen LogP contribution in [0.2, 0.25) is 0 Å². The van der Waals surface area contributed by atoms with Crippen LogP contribution in [0.25, 0.3) is 0 Å². The van der Waals surface area contributed by atoms with E-state index in [1.165, 1.54) is 0 Å². The van der Waals surface area contributed by atoms with Gasteiger partial charge in [-0.25, -0.2) is 4.98 Å². The Bertz CT molecular complexity index is 336. The number of aliphatic hydroxyl groups is 2. The Morgan fingerprint density at radius 3 is 2.67 bits per heavy atom. The molecule has 0 bridgehead atoms. The number of aryl methyl sites for hydroxylation is 1. The fraction of sp³-hybridized carbons (Fsp3) is 0.615. The van der Waals surface area contributed by atoms with Gasteiger partial charge < -0.3 is 19.8 Å². The smallest absolute Gasteiger partial charge is 0.128 e. The maximum absolute atomic E-state index is 9.21. The molecule has 0 aliphatic heterocycles. The summed E-state index contributed by atoms with van der Waals surface area (Å²) in [6, 6.07) is 3.80. The summed E-state index contributed by atoms with van der Waals surface area (Å²) in [5.41, 5.74) is 1.85. The van der Waals surface area contributed by atoms with Gasteiger partial charge in [0.1, 0.15) is 5.82 Å². The van der Waals surface area contributed by atoms with Crippen molar-refractivity contribution in [1.29, 1.82) is 0 Å². The third-order valence-corrected chi connectivity index (χ3v) is 2.67. The number of anilines is 1. The van der Waals surface area contributed by atoms with E-state index in [0.29, 0.717) is 19.8 Å². The van der Waals surface area contributed by atoms with Gasteiger partial charge in [0.25, 0.3) is 0 Å². The summed E-state index contributed by atoms with van der Waals surface area (Å²) >= 11 is 0. The number of rotatable bonds is 8. The van der Waals surface area contributed by atoms with Crippen LogP contribution in [0.4, 0.5) is 5.82 Å². The molecular weight excluding hydrogens is 232 g/mol. The first-order valence-corrected chi connectivity index (χ1v) is 6.21. The number of likely N-dealkylation sites (N-methyl/N-ethyl adjacent to an activating group) is 1. The first-order chi connectivity index (χ1) is 8.71. The molecule has 0 radical (unpaired) electrons. The second-order valence-corrected chi connectivity index (χ2v) is 4.09. The Balaban J connectivity index is 2.63. The summed E-state index contributed by atoms with van der Waals surface area (Å²) < 4.78 is 5.22. The highest BCUT2D eigenvalue weighted by Gasteiger charge is 2.06. The Morgan fingerprint density at radius 1 is 1.28 bits per heavy atom. The van der Waals surface area contributed by atoms with E-state index in [0.717, 1.165) is 23.5 Å². The molecule has 1 aromatic rings. The van der Waals surface area contributed by atoms with Gasteiger partial charge in [0.05, 0.1) is 26.4 Å². The van der Waals surface area contributed by atoms with Crippen molar-refractivity contribution in [2.75, 3.05) is 38.3 Å². The van der Waals surface area contributed by atoms with Gasteiger partial charge in [-0.3, -0.25) is 0 Å². The van der Waals surface area contributed by atoms with Gasteiger partial charge >= 0.3 is 0 Å². The molecule has 0 spiro atoms. The molecule has 0 fully saturated rings. The number of aliphatic hydroxyl groups excluding tert-OH is 2. The average molecular weight is 254 g/mol. The van der Waals surface area contributed by atoms with Crippen LogP contribution in [0.1, 0.15) is 18.2 Å². The predicted molar refractivity (Wildman–Crippen MR) is 70.7 cm³/mol. The molecule has 18 heavy (non-hydrogen) atoms. The minimum absolute atomic E-state index is 0.0252. The predicted octanol–water partition coefficient (Wildman–Crippen LogP) is 0.581. The Morgan fingerprint density at radius 2 is 2.06 bits per heavy atom. The number of pyridine rings is 1. The summed E-state index contributed by atoms with van der Waals surface area (Å²) in [6.07, 6.45) is 0.843. The van der Waals surface area contributed by atoms with Crippen LogP contribution in [-0.4, -0.2) is 48.6 Å². The lowest BCUT2D eigenvalue weighted by atomic mass is 10.2. The van der Waals surface area contributed by atoms with Crippen molar-refractivity contribution in [3.8, 4) is 0 Å². The molecule has 0 unspecified atom stereocenters. The first kappa shape index (κ1) is 14.9. The Kier molecular flexibility index (Phi) is 6.64. The van der Waals surface area contributed by atoms with E-state index < -0.39 is 0 Å². The SMILES string of the molecule is CCc1cc(CO)cc(N(C)CCOCCO)n1. The molecule has 0 aliphatic rings. The molecule has 5 heteroatoms. The Labute approximate surface area is 108 Å². The van der Waals surface area contributed by atoms with Crippen LogP contribution in [-0.2, 0) is 17.8 Å². The second kappa shape index (κ2) is 8.02. The van der Waals surface area contributed by atoms with Gasteiger partial charge in [-0.05, 0) is 24.1 Å². The third kappa shape index (κ3) is 4.60. The van der Waals surface area contributed by atoms with Crippen LogP contribution >= 0.6 is 0 Å². The second-order valence-electron chi connectivity index (χ2n) is 4.09. The normalized spacial score (nSPS) is 10.7. The van der Waals surface area contributed by atoms with Crippen LogP contribution in [0, 0.1) is 0 Å². The minimum atomic E-state index is 0.0252. The maximum atomic E-state index is 9.21. The van der Waals surface area contributed by atoms with Crippen LogP contribution in [0.3, 0.4) is 0 Å². The van der Waals surface area contributed by atoms with Crippen molar-refractivity contribution in [3.05, 3.63) is 23.4 Å². The van der Waals surface area contributed by atoms with Crippen molar-refractivity contribution >= 4 is 5.82 Å². The number of hydrogen-bond donors (Lipinski definition) is 2. The standard InChI is InChI=1S/C13H22N2O3/c1-3-12-8-11(10-17)9-13(14-12)15(2)4-6-18-7-5-16/h8-9,16-17H,3-7,10H2,1-2H3. The van der Waals surface area contributed by atoms with Crippen LogP contribution in [0.5, 0.6) is 0 Å². The summed E-state index contributed by atoms with van der Waals surface area (Å²) in [6.45, 7) is 3.71. The topological polar surface area (TPSA) is 65.8 Å². The van der Waals surface area contributed by atoms with E-state index in [-0.39, 0.29) is 13.2 Å². The minimum Gasteiger partial charge on any atom is -0.394 e. The first-order valence-electron chi connectivity index (χ1n) is 6.21. The number of aromatic nitrogens is 1. The molecule has 1 heterocycles. The highest BCUT2D eigenvalue weighted by Crippen LogP contribution is 2.14. The van der Waals surface area contributed by atoms with Crippen molar-refractivity contribution in [2.24, 2.45) is 0 Å². The van der Waals surface area contributed by atoms with Gasteiger partial charge in [0, 0.05) is 19.3 Å². The average Bonchev–Trinajstić information content (AvgIpc) is 2.42. The molecule has 0 saturated heterocycles. The molecule has 1 rings (SSSR count). The maximum Gasteiger partial charge on any atom is 0.128 e. The zero-order valence-corrected chi connectivity index (χ0v) is 11.1. The monoisotopic (exact) mass is 254 g/mol. The molecule has 0 amide bonds. The molecule has 1 aromatic heterocycles. The molecule has 0 saturated carbocycles. The molecule has 102 valence electrons. The van der Waals surface area contributed by atoms with E-state index in [1.807, 2.05) is 31.0 Å². The van der Waals surface area contributed by atoms with Gasteiger partial charge in [-0.15, -0.1) is 0 Å². The van der Waals surface area contributed by atoms with E-state index in [1.54, 1.807) is 0 Å². The highest BCUT2D eigenvalue weighted by atomic mass is 16.5. The van der Waals surface area contributed by atoms with Crippen molar-refractivity contribution in [3.63, 3.8) is 0 Å². The van der Waals surface area contributed by atoms with Crippen molar-refractivity contribution in [2.45, 2.75) is 20.0 Å². The fourth-order valence-corrected chi connectivity index (χ4v) is 1.58. The lowest BCUT2D eigenvalue weighted by Gasteiger charge is -2.19. The molecule has 2 N–H and O–H groups in total. The zero-order chi connectivity index (χ0) is 13.4. The summed E-state index contributed by atoms with van der Waals surface area (Å²) in [5, 5.41) is 17.8. The van der Waals surface area contributed by atoms with Gasteiger partial charge in [0.2, 0.25) is 0 Å². The largest absolute Gasteiger partial charge is 0.394 e. The van der Waals surface area contributed by atoms with Crippen molar-refractivity contribution < 1.29 is 14.9 Å². The number of hydrogen-bond acceptors (Lipinski definition) is 5. The zero-order valence-electron chi connectivity index (χ0n) is 11.1. The Hall–Kier alpha value is -1.17. The summed E-state index contributed by atoms with van der Waals surface area (Å²) in [5.74, 6) is 0.839. The van der Waals surface area contributed by atoms with E-state index in [9.17, 15) is 5.11 Å². The summed E-state index contributed by atoms with van der Waals surface area (Å²) in [7, 11) is 1.94. The van der Waals surface area contributed by atoms with Crippen LogP contribution in [0.15, 0.2) is 12.1 Å². The fourth-order valence-electron chi connectivity index (χ4n) is 1.58. The van der Waals surface area contributed by atoms with Gasteiger partial charge in [-0.1, -0.05) is 6.92 Å². The van der Waals surface area contributed by atoms with E-state index in [2.05, 4.69) is 4.98 Å². The molecule has 0 aliphatic carbocycles. The summed E-state index contributed by atoms with van der Waals surface area (Å²) in [4.78, 5) is 6.49. The van der Waals surface area contributed by atoms with Crippen molar-refractivity contribution in [1.82, 2.24) is 4.98 Å². The molecule has 0 aromatic carbocycles.